The second-order valence-corrected chi connectivity index (χ2v) is 6.26. The van der Waals surface area contributed by atoms with Gasteiger partial charge in [0.2, 0.25) is 0 Å². The third-order valence-corrected chi connectivity index (χ3v) is 4.54. The Hall–Kier alpha value is -2.17. The number of halogens is 1. The summed E-state index contributed by atoms with van der Waals surface area (Å²) >= 11 is 0. The average Bonchev–Trinajstić information content (AvgIpc) is 2.52. The van der Waals surface area contributed by atoms with E-state index in [4.69, 9.17) is 0 Å². The van der Waals surface area contributed by atoms with Gasteiger partial charge in [0, 0.05) is 28.4 Å². The number of anilines is 1. The summed E-state index contributed by atoms with van der Waals surface area (Å²) in [6.45, 7) is 1.81. The number of carboxylic acid groups (broad SMARTS) is 1. The lowest BCUT2D eigenvalue weighted by Crippen LogP contribution is -2.24. The van der Waals surface area contributed by atoms with Crippen LogP contribution in [0.3, 0.4) is 0 Å². The Morgan fingerprint density at radius 1 is 1.35 bits per heavy atom. The van der Waals surface area contributed by atoms with E-state index in [1.807, 2.05) is 6.92 Å². The van der Waals surface area contributed by atoms with Gasteiger partial charge in [-0.1, -0.05) is 19.3 Å². The van der Waals surface area contributed by atoms with E-state index >= 15 is 0 Å². The molecule has 0 saturated heterocycles. The number of rotatable bonds is 4. The van der Waals surface area contributed by atoms with Gasteiger partial charge in [0.25, 0.3) is 0 Å². The summed E-state index contributed by atoms with van der Waals surface area (Å²) in [7, 11) is 0. The maximum Gasteiger partial charge on any atom is 0.307 e. The number of fused-ring (bicyclic) bond motifs is 1. The van der Waals surface area contributed by atoms with Gasteiger partial charge in [0.05, 0.1) is 11.9 Å². The second kappa shape index (κ2) is 6.52. The SMILES string of the molecule is Cc1nc2ccc(F)cc2c(NC2CCCCC2)c1CC(=O)O. The zero-order chi connectivity index (χ0) is 16.4. The monoisotopic (exact) mass is 316 g/mol. The molecule has 2 aromatic rings. The van der Waals surface area contributed by atoms with E-state index in [1.54, 1.807) is 6.07 Å². The second-order valence-electron chi connectivity index (χ2n) is 6.26. The Morgan fingerprint density at radius 2 is 2.09 bits per heavy atom. The lowest BCUT2D eigenvalue weighted by molar-refractivity contribution is -0.136. The molecule has 0 amide bonds. The number of benzene rings is 1. The van der Waals surface area contributed by atoms with Crippen molar-refractivity contribution < 1.29 is 14.3 Å². The molecular formula is C18H21FN2O2. The van der Waals surface area contributed by atoms with Gasteiger partial charge in [-0.15, -0.1) is 0 Å². The van der Waals surface area contributed by atoms with Crippen molar-refractivity contribution in [1.82, 2.24) is 4.98 Å². The standard InChI is InChI=1S/C18H21FN2O2/c1-11-14(10-17(22)23)18(21-13-5-3-2-4-6-13)15-9-12(19)7-8-16(15)20-11/h7-9,13H,2-6,10H2,1H3,(H,20,21)(H,22,23). The highest BCUT2D eigenvalue weighted by atomic mass is 19.1. The fourth-order valence-corrected chi connectivity index (χ4v) is 3.38. The van der Waals surface area contributed by atoms with Crippen LogP contribution < -0.4 is 5.32 Å². The van der Waals surface area contributed by atoms with Crippen LogP contribution in [-0.4, -0.2) is 22.1 Å². The number of nitrogens with one attached hydrogen (secondary N) is 1. The number of hydrogen-bond acceptors (Lipinski definition) is 3. The fraction of sp³-hybridized carbons (Fsp3) is 0.444. The fourth-order valence-electron chi connectivity index (χ4n) is 3.38. The number of carbonyl (C=O) groups is 1. The maximum absolute atomic E-state index is 13.7. The van der Waals surface area contributed by atoms with Gasteiger partial charge >= 0.3 is 5.97 Å². The molecule has 0 aliphatic heterocycles. The predicted molar refractivity (Wildman–Crippen MR) is 88.3 cm³/mol. The third kappa shape index (κ3) is 3.44. The Labute approximate surface area is 134 Å². The molecular weight excluding hydrogens is 295 g/mol. The van der Waals surface area contributed by atoms with Gasteiger partial charge in [-0.05, 0) is 38.0 Å². The number of carboxylic acids is 1. The highest BCUT2D eigenvalue weighted by molar-refractivity contribution is 5.95. The summed E-state index contributed by atoms with van der Waals surface area (Å²) in [4.78, 5) is 15.7. The molecule has 1 aliphatic rings. The largest absolute Gasteiger partial charge is 0.481 e. The van der Waals surface area contributed by atoms with Crippen molar-refractivity contribution in [2.75, 3.05) is 5.32 Å². The van der Waals surface area contributed by atoms with E-state index in [1.165, 1.54) is 31.4 Å². The first-order valence-electron chi connectivity index (χ1n) is 8.11. The number of aryl methyl sites for hydroxylation is 1. The molecule has 1 aliphatic carbocycles. The van der Waals surface area contributed by atoms with E-state index in [0.29, 0.717) is 28.2 Å². The van der Waals surface area contributed by atoms with Gasteiger partial charge in [-0.2, -0.15) is 0 Å². The van der Waals surface area contributed by atoms with Crippen molar-refractivity contribution in [1.29, 1.82) is 0 Å². The van der Waals surface area contributed by atoms with Crippen LogP contribution in [0.25, 0.3) is 10.9 Å². The highest BCUT2D eigenvalue weighted by Crippen LogP contribution is 2.32. The van der Waals surface area contributed by atoms with Crippen molar-refractivity contribution in [3.63, 3.8) is 0 Å². The molecule has 2 N–H and O–H groups in total. The number of aliphatic carboxylic acids is 1. The summed E-state index contributed by atoms with van der Waals surface area (Å²) in [5.74, 6) is -1.24. The van der Waals surface area contributed by atoms with E-state index in [0.717, 1.165) is 18.5 Å². The molecule has 122 valence electrons. The number of aromatic nitrogens is 1. The predicted octanol–water partition coefficient (Wildman–Crippen LogP) is 4.05. The normalized spacial score (nSPS) is 15.7. The van der Waals surface area contributed by atoms with Crippen LogP contribution in [0.5, 0.6) is 0 Å². The molecule has 1 fully saturated rings. The summed E-state index contributed by atoms with van der Waals surface area (Å²) in [6, 6.07) is 4.78. The molecule has 1 saturated carbocycles. The average molecular weight is 316 g/mol. The molecule has 1 aromatic carbocycles. The smallest absolute Gasteiger partial charge is 0.307 e. The molecule has 4 nitrogen and oxygen atoms in total. The number of nitrogens with zero attached hydrogens (tertiary/aromatic N) is 1. The molecule has 0 atom stereocenters. The molecule has 0 unspecified atom stereocenters. The molecule has 23 heavy (non-hydrogen) atoms. The van der Waals surface area contributed by atoms with Crippen molar-refractivity contribution in [3.8, 4) is 0 Å². The van der Waals surface area contributed by atoms with Gasteiger partial charge in [-0.3, -0.25) is 9.78 Å². The van der Waals surface area contributed by atoms with Gasteiger partial charge < -0.3 is 10.4 Å². The quantitative estimate of drug-likeness (QED) is 0.893. The minimum absolute atomic E-state index is 0.111. The first kappa shape index (κ1) is 15.7. The van der Waals surface area contributed by atoms with Crippen molar-refractivity contribution in [2.24, 2.45) is 0 Å². The Balaban J connectivity index is 2.11. The van der Waals surface area contributed by atoms with Crippen molar-refractivity contribution >= 4 is 22.6 Å². The van der Waals surface area contributed by atoms with Gasteiger partial charge in [0.1, 0.15) is 5.82 Å². The molecule has 1 heterocycles. The molecule has 1 aromatic heterocycles. The lowest BCUT2D eigenvalue weighted by Gasteiger charge is -2.26. The maximum atomic E-state index is 13.7. The van der Waals surface area contributed by atoms with Crippen molar-refractivity contribution in [2.45, 2.75) is 51.5 Å². The lowest BCUT2D eigenvalue weighted by atomic mass is 9.94. The first-order chi connectivity index (χ1) is 11.0. The minimum atomic E-state index is -0.905. The van der Waals surface area contributed by atoms with Crippen LogP contribution in [0.4, 0.5) is 10.1 Å². The third-order valence-electron chi connectivity index (χ3n) is 4.54. The Kier molecular flexibility index (Phi) is 4.46. The summed E-state index contributed by atoms with van der Waals surface area (Å²) in [5, 5.41) is 13.4. The molecule has 5 heteroatoms. The van der Waals surface area contributed by atoms with Crippen LogP contribution in [0.15, 0.2) is 18.2 Å². The van der Waals surface area contributed by atoms with E-state index in [2.05, 4.69) is 10.3 Å². The van der Waals surface area contributed by atoms with Crippen LogP contribution in [0.1, 0.15) is 43.4 Å². The highest BCUT2D eigenvalue weighted by Gasteiger charge is 2.20. The molecule has 3 rings (SSSR count). The Morgan fingerprint density at radius 3 is 2.78 bits per heavy atom. The van der Waals surface area contributed by atoms with Crippen LogP contribution in [-0.2, 0) is 11.2 Å². The van der Waals surface area contributed by atoms with E-state index in [9.17, 15) is 14.3 Å². The van der Waals surface area contributed by atoms with E-state index < -0.39 is 5.97 Å². The van der Waals surface area contributed by atoms with Crippen LogP contribution in [0, 0.1) is 12.7 Å². The van der Waals surface area contributed by atoms with Crippen LogP contribution >= 0.6 is 0 Å². The zero-order valence-corrected chi connectivity index (χ0v) is 13.2. The number of pyridine rings is 1. The molecule has 0 spiro atoms. The van der Waals surface area contributed by atoms with Crippen molar-refractivity contribution in [3.05, 3.63) is 35.3 Å². The van der Waals surface area contributed by atoms with E-state index in [-0.39, 0.29) is 12.2 Å². The summed E-state index contributed by atoms with van der Waals surface area (Å²) in [6.07, 6.45) is 5.59. The summed E-state index contributed by atoms with van der Waals surface area (Å²) < 4.78 is 13.7. The van der Waals surface area contributed by atoms with Gasteiger partial charge in [-0.25, -0.2) is 4.39 Å². The van der Waals surface area contributed by atoms with Crippen LogP contribution in [0.2, 0.25) is 0 Å². The minimum Gasteiger partial charge on any atom is -0.481 e. The Bertz CT molecular complexity index is 739. The molecule has 0 radical (unpaired) electrons. The zero-order valence-electron chi connectivity index (χ0n) is 13.2. The number of hydrogen-bond donors (Lipinski definition) is 2. The van der Waals surface area contributed by atoms with Gasteiger partial charge in [0.15, 0.2) is 0 Å². The topological polar surface area (TPSA) is 62.2 Å². The summed E-state index contributed by atoms with van der Waals surface area (Å²) in [5.41, 5.74) is 2.77. The molecule has 0 bridgehead atoms. The first-order valence-corrected chi connectivity index (χ1v) is 8.11.